The molecule has 2 aliphatic heterocycles. The fourth-order valence-electron chi connectivity index (χ4n) is 4.72. The lowest BCUT2D eigenvalue weighted by Crippen LogP contribution is -2.46. The third kappa shape index (κ3) is 2.97. The number of rotatable bonds is 4. The van der Waals surface area contributed by atoms with E-state index in [1.165, 1.54) is 5.69 Å². The van der Waals surface area contributed by atoms with Crippen LogP contribution in [0.4, 0.5) is 0 Å². The van der Waals surface area contributed by atoms with Crippen LogP contribution in [0.15, 0.2) is 36.5 Å². The second-order valence-electron chi connectivity index (χ2n) is 8.18. The Hall–Kier alpha value is -2.93. The minimum Gasteiger partial charge on any atom is -0.497 e. The monoisotopic (exact) mass is 391 g/mol. The Balaban J connectivity index is 1.53. The Morgan fingerprint density at radius 3 is 2.76 bits per heavy atom. The smallest absolute Gasteiger partial charge is 0.237 e. The first-order valence-corrected chi connectivity index (χ1v) is 10.0. The minimum absolute atomic E-state index is 0.113. The third-order valence-electron chi connectivity index (χ3n) is 6.03. The SMILES string of the molecule is COc1ccc(-c2cc3ncc4c(n3n2)C[C@@H]2CC[C@@H]4N2C(=O)CN(C)C)cc1. The fourth-order valence-corrected chi connectivity index (χ4v) is 4.72. The Labute approximate surface area is 169 Å². The van der Waals surface area contributed by atoms with Gasteiger partial charge in [-0.15, -0.1) is 0 Å². The van der Waals surface area contributed by atoms with Crippen LogP contribution in [0.5, 0.6) is 5.75 Å². The maximum atomic E-state index is 12.8. The number of likely N-dealkylation sites (N-methyl/N-ethyl adjacent to an activating group) is 1. The molecule has 3 aromatic rings. The molecule has 29 heavy (non-hydrogen) atoms. The number of nitrogens with zero attached hydrogens (tertiary/aromatic N) is 5. The molecule has 1 amide bonds. The maximum absolute atomic E-state index is 12.8. The number of aromatic nitrogens is 3. The molecule has 2 atom stereocenters. The molecule has 2 aliphatic rings. The third-order valence-corrected chi connectivity index (χ3v) is 6.03. The van der Waals surface area contributed by atoms with Gasteiger partial charge in [0.2, 0.25) is 5.91 Å². The summed E-state index contributed by atoms with van der Waals surface area (Å²) < 4.78 is 7.23. The molecule has 0 N–H and O–H groups in total. The van der Waals surface area contributed by atoms with E-state index in [9.17, 15) is 4.79 Å². The van der Waals surface area contributed by atoms with Crippen molar-refractivity contribution in [3.63, 3.8) is 0 Å². The lowest BCUT2D eigenvalue weighted by atomic mass is 9.99. The van der Waals surface area contributed by atoms with E-state index in [4.69, 9.17) is 9.84 Å². The summed E-state index contributed by atoms with van der Waals surface area (Å²) in [6.45, 7) is 0.446. The van der Waals surface area contributed by atoms with Gasteiger partial charge < -0.3 is 14.5 Å². The number of carbonyl (C=O) groups is 1. The lowest BCUT2D eigenvalue weighted by Gasteiger charge is -2.36. The van der Waals surface area contributed by atoms with Crippen molar-refractivity contribution < 1.29 is 9.53 Å². The van der Waals surface area contributed by atoms with Gasteiger partial charge >= 0.3 is 0 Å². The Kier molecular flexibility index (Phi) is 4.28. The molecule has 1 saturated heterocycles. The zero-order valence-electron chi connectivity index (χ0n) is 17.0. The van der Waals surface area contributed by atoms with Gasteiger partial charge in [-0.3, -0.25) is 4.79 Å². The molecule has 0 spiro atoms. The molecule has 0 radical (unpaired) electrons. The highest BCUT2D eigenvalue weighted by atomic mass is 16.5. The van der Waals surface area contributed by atoms with E-state index in [1.807, 2.05) is 60.0 Å². The largest absolute Gasteiger partial charge is 0.497 e. The summed E-state index contributed by atoms with van der Waals surface area (Å²) in [5, 5.41) is 4.87. The van der Waals surface area contributed by atoms with Crippen molar-refractivity contribution >= 4 is 11.6 Å². The second-order valence-corrected chi connectivity index (χ2v) is 8.18. The van der Waals surface area contributed by atoms with Crippen LogP contribution in [0.2, 0.25) is 0 Å². The number of carbonyl (C=O) groups excluding carboxylic acids is 1. The van der Waals surface area contributed by atoms with E-state index in [0.29, 0.717) is 6.54 Å². The minimum atomic E-state index is 0.113. The summed E-state index contributed by atoms with van der Waals surface area (Å²) in [7, 11) is 5.54. The number of fused-ring (bicyclic) bond motifs is 6. The summed E-state index contributed by atoms with van der Waals surface area (Å²) in [5.74, 6) is 1.03. The van der Waals surface area contributed by atoms with Crippen LogP contribution in [-0.4, -0.2) is 64.1 Å². The summed E-state index contributed by atoms with van der Waals surface area (Å²) in [6.07, 6.45) is 4.81. The molecule has 0 unspecified atom stereocenters. The van der Waals surface area contributed by atoms with E-state index in [-0.39, 0.29) is 18.0 Å². The van der Waals surface area contributed by atoms with Crippen molar-refractivity contribution in [2.45, 2.75) is 31.3 Å². The molecule has 2 aromatic heterocycles. The van der Waals surface area contributed by atoms with Gasteiger partial charge in [0.15, 0.2) is 5.65 Å². The highest BCUT2D eigenvalue weighted by Crippen LogP contribution is 2.43. The predicted molar refractivity (Wildman–Crippen MR) is 110 cm³/mol. The van der Waals surface area contributed by atoms with Crippen molar-refractivity contribution in [3.05, 3.63) is 47.8 Å². The topological polar surface area (TPSA) is 63.0 Å². The molecule has 1 aromatic carbocycles. The van der Waals surface area contributed by atoms with Gasteiger partial charge in [-0.2, -0.15) is 5.10 Å². The lowest BCUT2D eigenvalue weighted by molar-refractivity contribution is -0.135. The van der Waals surface area contributed by atoms with Crippen LogP contribution < -0.4 is 4.74 Å². The number of amides is 1. The molecule has 7 heteroatoms. The molecule has 0 aliphatic carbocycles. The molecule has 2 bridgehead atoms. The predicted octanol–water partition coefficient (Wildman–Crippen LogP) is 2.55. The van der Waals surface area contributed by atoms with Crippen molar-refractivity contribution in [1.82, 2.24) is 24.4 Å². The molecular formula is C22H25N5O2. The normalized spacial score (nSPS) is 20.3. The van der Waals surface area contributed by atoms with Crippen molar-refractivity contribution in [2.75, 3.05) is 27.7 Å². The molecule has 150 valence electrons. The van der Waals surface area contributed by atoms with Gasteiger partial charge in [0.05, 0.1) is 31.1 Å². The molecule has 0 saturated carbocycles. The van der Waals surface area contributed by atoms with E-state index in [2.05, 4.69) is 9.88 Å². The van der Waals surface area contributed by atoms with Gasteiger partial charge in [-0.1, -0.05) is 0 Å². The van der Waals surface area contributed by atoms with Gasteiger partial charge in [-0.25, -0.2) is 9.50 Å². The van der Waals surface area contributed by atoms with Crippen molar-refractivity contribution in [2.24, 2.45) is 0 Å². The van der Waals surface area contributed by atoms with Gasteiger partial charge in [0, 0.05) is 35.9 Å². The highest BCUT2D eigenvalue weighted by molar-refractivity contribution is 5.80. The molecule has 5 rings (SSSR count). The van der Waals surface area contributed by atoms with Gasteiger partial charge in [0.1, 0.15) is 5.75 Å². The number of hydrogen-bond acceptors (Lipinski definition) is 5. The average molecular weight is 391 g/mol. The summed E-state index contributed by atoms with van der Waals surface area (Å²) >= 11 is 0. The number of hydrogen-bond donors (Lipinski definition) is 0. The maximum Gasteiger partial charge on any atom is 0.237 e. The van der Waals surface area contributed by atoms with Gasteiger partial charge in [0.25, 0.3) is 0 Å². The van der Waals surface area contributed by atoms with Crippen molar-refractivity contribution in [1.29, 1.82) is 0 Å². The van der Waals surface area contributed by atoms with E-state index >= 15 is 0 Å². The van der Waals surface area contributed by atoms with Crippen LogP contribution in [0, 0.1) is 0 Å². The van der Waals surface area contributed by atoms with Crippen LogP contribution >= 0.6 is 0 Å². The van der Waals surface area contributed by atoms with Crippen LogP contribution in [0.25, 0.3) is 16.9 Å². The quantitative estimate of drug-likeness (QED) is 0.684. The van der Waals surface area contributed by atoms with E-state index in [1.54, 1.807) is 7.11 Å². The van der Waals surface area contributed by atoms with Crippen molar-refractivity contribution in [3.8, 4) is 17.0 Å². The average Bonchev–Trinajstić information content (AvgIpc) is 3.28. The Morgan fingerprint density at radius 1 is 1.24 bits per heavy atom. The zero-order chi connectivity index (χ0) is 20.1. The van der Waals surface area contributed by atoms with Crippen LogP contribution in [0.3, 0.4) is 0 Å². The molecule has 1 fully saturated rings. The second kappa shape index (κ2) is 6.84. The van der Waals surface area contributed by atoms with Crippen LogP contribution in [0.1, 0.15) is 30.1 Å². The zero-order valence-corrected chi connectivity index (χ0v) is 17.0. The van der Waals surface area contributed by atoms with E-state index < -0.39 is 0 Å². The molecule has 7 nitrogen and oxygen atoms in total. The summed E-state index contributed by atoms with van der Waals surface area (Å²) in [5.41, 5.74) is 5.11. The van der Waals surface area contributed by atoms with Gasteiger partial charge in [-0.05, 0) is 51.2 Å². The standard InChI is InChI=1S/C22H25N5O2/c1-25(2)13-22(28)26-15-6-9-19(26)17-12-23-21-11-18(24-27(21)20(17)10-15)14-4-7-16(29-3)8-5-14/h4-5,7-8,11-12,15,19H,6,9-10,13H2,1-3H3/t15-,19-/m0/s1. The first kappa shape index (κ1) is 18.1. The first-order chi connectivity index (χ1) is 14.0. The number of ether oxygens (including phenoxy) is 1. The van der Waals surface area contributed by atoms with E-state index in [0.717, 1.165) is 47.5 Å². The summed E-state index contributed by atoms with van der Waals surface area (Å²) in [6, 6.07) is 10.3. The molecule has 4 heterocycles. The Morgan fingerprint density at radius 2 is 2.03 bits per heavy atom. The number of methoxy groups -OCH3 is 1. The molecular weight excluding hydrogens is 366 g/mol. The number of benzene rings is 1. The fraction of sp³-hybridized carbons (Fsp3) is 0.409. The highest BCUT2D eigenvalue weighted by Gasteiger charge is 2.43. The Bertz CT molecular complexity index is 1070. The van der Waals surface area contributed by atoms with Crippen LogP contribution in [-0.2, 0) is 11.2 Å². The summed E-state index contributed by atoms with van der Waals surface area (Å²) in [4.78, 5) is 21.5. The first-order valence-electron chi connectivity index (χ1n) is 10.0.